The molecule has 0 radical (unpaired) electrons. The van der Waals surface area contributed by atoms with Gasteiger partial charge in [0.2, 0.25) is 5.91 Å². The number of halogens is 1. The molecule has 2 unspecified atom stereocenters. The van der Waals surface area contributed by atoms with Crippen molar-refractivity contribution in [1.29, 1.82) is 0 Å². The summed E-state index contributed by atoms with van der Waals surface area (Å²) in [7, 11) is 0. The first kappa shape index (κ1) is 17.6. The Labute approximate surface area is 134 Å². The molecule has 1 aliphatic heterocycles. The van der Waals surface area contributed by atoms with Gasteiger partial charge in [-0.05, 0) is 24.6 Å². The van der Waals surface area contributed by atoms with Crippen LogP contribution in [0.1, 0.15) is 18.5 Å². The number of hydrogen-bond acceptors (Lipinski definition) is 4. The zero-order valence-corrected chi connectivity index (χ0v) is 13.2. The number of rotatable bonds is 4. The number of anilines is 1. The molecule has 1 aromatic carbocycles. The third-order valence-corrected chi connectivity index (χ3v) is 4.01. The van der Waals surface area contributed by atoms with Crippen LogP contribution in [0, 0.1) is 0 Å². The summed E-state index contributed by atoms with van der Waals surface area (Å²) in [4.78, 5) is 22.7. The lowest BCUT2D eigenvalue weighted by Crippen LogP contribution is -2.42. The van der Waals surface area contributed by atoms with Gasteiger partial charge in [-0.25, -0.2) is 4.79 Å². The molecule has 0 aromatic heterocycles. The molecule has 1 fully saturated rings. The Morgan fingerprint density at radius 2 is 2.05 bits per heavy atom. The fourth-order valence-electron chi connectivity index (χ4n) is 1.96. The van der Waals surface area contributed by atoms with Gasteiger partial charge in [0.15, 0.2) is 0 Å². The van der Waals surface area contributed by atoms with Crippen molar-refractivity contribution in [2.45, 2.75) is 19.0 Å². The first-order valence-corrected chi connectivity index (χ1v) is 7.49. The maximum Gasteiger partial charge on any atom is 0.316 e. The quantitative estimate of drug-likeness (QED) is 0.671. The number of thioether (sulfide) groups is 1. The minimum absolute atomic E-state index is 0. The Bertz CT molecular complexity index is 491. The Balaban J connectivity index is 0.00000220. The van der Waals surface area contributed by atoms with Crippen molar-refractivity contribution in [3.63, 3.8) is 0 Å². The largest absolute Gasteiger partial charge is 0.351 e. The number of nitrogens with one attached hydrogen (secondary N) is 3. The summed E-state index contributed by atoms with van der Waals surface area (Å²) in [5, 5.41) is 8.60. The average molecular weight is 331 g/mol. The van der Waals surface area contributed by atoms with Crippen LogP contribution < -0.4 is 21.7 Å². The van der Waals surface area contributed by atoms with Crippen molar-refractivity contribution < 1.29 is 9.59 Å². The second-order valence-electron chi connectivity index (χ2n) is 4.61. The van der Waals surface area contributed by atoms with Gasteiger partial charge in [-0.15, -0.1) is 24.2 Å². The molecule has 21 heavy (non-hydrogen) atoms. The normalized spacial score (nSPS) is 18.4. The molecule has 1 saturated heterocycles. The number of nitrogens with two attached hydrogens (primary N) is 1. The summed E-state index contributed by atoms with van der Waals surface area (Å²) in [6.45, 7) is 1.93. The third kappa shape index (κ3) is 5.11. The van der Waals surface area contributed by atoms with E-state index in [9.17, 15) is 9.59 Å². The predicted octanol–water partition coefficient (Wildman–Crippen LogP) is 1.44. The summed E-state index contributed by atoms with van der Waals surface area (Å²) in [5.41, 5.74) is 6.65. The van der Waals surface area contributed by atoms with Crippen LogP contribution in [0.2, 0.25) is 0 Å². The lowest BCUT2D eigenvalue weighted by Gasteiger charge is -2.17. The fraction of sp³-hybridized carbons (Fsp3) is 0.385. The molecule has 1 aromatic rings. The van der Waals surface area contributed by atoms with Crippen LogP contribution in [-0.2, 0) is 4.79 Å². The summed E-state index contributed by atoms with van der Waals surface area (Å²) in [6.07, 6.45) is 0. The second-order valence-corrected chi connectivity index (χ2v) is 5.64. The van der Waals surface area contributed by atoms with Gasteiger partial charge in [0.1, 0.15) is 0 Å². The van der Waals surface area contributed by atoms with Gasteiger partial charge in [0.05, 0.1) is 12.1 Å². The van der Waals surface area contributed by atoms with Crippen molar-refractivity contribution in [2.24, 2.45) is 5.73 Å². The summed E-state index contributed by atoms with van der Waals surface area (Å²) < 4.78 is 0. The van der Waals surface area contributed by atoms with Gasteiger partial charge in [-0.1, -0.05) is 12.1 Å². The summed E-state index contributed by atoms with van der Waals surface area (Å²) >= 11 is 1.72. The molecule has 2 atom stereocenters. The molecule has 6 nitrogen and oxygen atoms in total. The zero-order valence-electron chi connectivity index (χ0n) is 11.6. The van der Waals surface area contributed by atoms with Crippen LogP contribution in [0.3, 0.4) is 0 Å². The number of carbonyl (C=O) groups excluding carboxylic acids is 2. The molecule has 0 aliphatic carbocycles. The van der Waals surface area contributed by atoms with Gasteiger partial charge < -0.3 is 16.4 Å². The van der Waals surface area contributed by atoms with Crippen LogP contribution in [0.15, 0.2) is 24.3 Å². The molecule has 3 amide bonds. The topological polar surface area (TPSA) is 96.2 Å². The summed E-state index contributed by atoms with van der Waals surface area (Å²) in [5.74, 6) is 1.64. The average Bonchev–Trinajstić information content (AvgIpc) is 2.92. The molecule has 0 saturated carbocycles. The van der Waals surface area contributed by atoms with E-state index in [1.54, 1.807) is 23.9 Å². The van der Waals surface area contributed by atoms with Crippen LogP contribution in [0.4, 0.5) is 10.5 Å². The van der Waals surface area contributed by atoms with E-state index in [1.165, 1.54) is 0 Å². The molecule has 2 rings (SSSR count). The Hall–Kier alpha value is -1.44. The highest BCUT2D eigenvalue weighted by atomic mass is 35.5. The van der Waals surface area contributed by atoms with E-state index in [-0.39, 0.29) is 30.4 Å². The molecule has 116 valence electrons. The zero-order chi connectivity index (χ0) is 14.5. The monoisotopic (exact) mass is 330 g/mol. The van der Waals surface area contributed by atoms with E-state index in [4.69, 9.17) is 5.73 Å². The third-order valence-electron chi connectivity index (χ3n) is 3.07. The van der Waals surface area contributed by atoms with E-state index in [1.807, 2.05) is 19.1 Å². The van der Waals surface area contributed by atoms with Crippen LogP contribution in [0.5, 0.6) is 0 Å². The highest BCUT2D eigenvalue weighted by molar-refractivity contribution is 7.99. The number of benzene rings is 1. The number of primary amides is 1. The van der Waals surface area contributed by atoms with E-state index < -0.39 is 6.03 Å². The highest BCUT2D eigenvalue weighted by Crippen LogP contribution is 2.17. The van der Waals surface area contributed by atoms with Gasteiger partial charge in [-0.2, -0.15) is 0 Å². The van der Waals surface area contributed by atoms with Gasteiger partial charge >= 0.3 is 6.03 Å². The van der Waals surface area contributed by atoms with Crippen molar-refractivity contribution in [2.75, 3.05) is 16.9 Å². The SMILES string of the molecule is CC(NC(=O)C1CSCN1)c1ccc(NC(N)=O)cc1.Cl. The van der Waals surface area contributed by atoms with Gasteiger partial charge in [0, 0.05) is 17.3 Å². The lowest BCUT2D eigenvalue weighted by atomic mass is 10.1. The number of hydrogen-bond donors (Lipinski definition) is 4. The Kier molecular flexibility index (Phi) is 6.80. The smallest absolute Gasteiger partial charge is 0.316 e. The van der Waals surface area contributed by atoms with E-state index in [2.05, 4.69) is 16.0 Å². The summed E-state index contributed by atoms with van der Waals surface area (Å²) in [6, 6.07) is 6.43. The predicted molar refractivity (Wildman–Crippen MR) is 87.7 cm³/mol. The molecule has 0 bridgehead atoms. The van der Waals surface area contributed by atoms with Crippen molar-refractivity contribution >= 4 is 41.8 Å². The van der Waals surface area contributed by atoms with Crippen molar-refractivity contribution in [3.05, 3.63) is 29.8 Å². The van der Waals surface area contributed by atoms with E-state index in [0.29, 0.717) is 5.69 Å². The van der Waals surface area contributed by atoms with Crippen LogP contribution in [-0.4, -0.2) is 29.6 Å². The number of urea groups is 1. The lowest BCUT2D eigenvalue weighted by molar-refractivity contribution is -0.123. The van der Waals surface area contributed by atoms with Crippen molar-refractivity contribution in [3.8, 4) is 0 Å². The maximum atomic E-state index is 12.0. The molecular weight excluding hydrogens is 312 g/mol. The molecule has 1 aliphatic rings. The van der Waals surface area contributed by atoms with E-state index >= 15 is 0 Å². The van der Waals surface area contributed by atoms with Gasteiger partial charge in [0.25, 0.3) is 0 Å². The fourth-order valence-corrected chi connectivity index (χ4v) is 2.90. The first-order valence-electron chi connectivity index (χ1n) is 6.34. The minimum atomic E-state index is -0.594. The standard InChI is InChI=1S/C13H18N4O2S.ClH/c1-8(16-12(18)11-6-20-7-15-11)9-2-4-10(5-3-9)17-13(14)19;/h2-5,8,11,15H,6-7H2,1H3,(H,16,18)(H3,14,17,19);1H. The maximum absolute atomic E-state index is 12.0. The van der Waals surface area contributed by atoms with Crippen molar-refractivity contribution in [1.82, 2.24) is 10.6 Å². The number of amides is 3. The Morgan fingerprint density at radius 3 is 2.57 bits per heavy atom. The number of carbonyl (C=O) groups is 2. The van der Waals surface area contributed by atoms with Gasteiger partial charge in [-0.3, -0.25) is 10.1 Å². The molecule has 1 heterocycles. The van der Waals surface area contributed by atoms with E-state index in [0.717, 1.165) is 17.2 Å². The molecule has 5 N–H and O–H groups in total. The first-order chi connectivity index (χ1) is 9.56. The van der Waals surface area contributed by atoms with Crippen LogP contribution in [0.25, 0.3) is 0 Å². The molecular formula is C13H19ClN4O2S. The second kappa shape index (κ2) is 8.11. The highest BCUT2D eigenvalue weighted by Gasteiger charge is 2.23. The minimum Gasteiger partial charge on any atom is -0.351 e. The Morgan fingerprint density at radius 1 is 1.38 bits per heavy atom. The molecule has 8 heteroatoms. The van der Waals surface area contributed by atoms with Crippen LogP contribution >= 0.6 is 24.2 Å². The molecule has 0 spiro atoms.